The van der Waals surface area contributed by atoms with Gasteiger partial charge < -0.3 is 24.3 Å². The lowest BCUT2D eigenvalue weighted by Gasteiger charge is -2.32. The maximum absolute atomic E-state index is 9.91. The highest BCUT2D eigenvalue weighted by molar-refractivity contribution is 7.99. The highest BCUT2D eigenvalue weighted by atomic mass is 35.5. The zero-order valence-electron chi connectivity index (χ0n) is 24.2. The summed E-state index contributed by atoms with van der Waals surface area (Å²) in [7, 11) is 5.72. The summed E-state index contributed by atoms with van der Waals surface area (Å²) in [5.41, 5.74) is 2.97. The Balaban J connectivity index is 1.27. The van der Waals surface area contributed by atoms with Crippen LogP contribution in [-0.4, -0.2) is 82.8 Å². The molecule has 0 radical (unpaired) electrons. The Bertz CT molecular complexity index is 1830. The number of ether oxygens (including phenoxy) is 2. The first-order valence-corrected chi connectivity index (χ1v) is 15.1. The van der Waals surface area contributed by atoms with Crippen molar-refractivity contribution in [3.63, 3.8) is 0 Å². The van der Waals surface area contributed by atoms with Crippen LogP contribution in [0.25, 0.3) is 21.9 Å². The van der Waals surface area contributed by atoms with Crippen molar-refractivity contribution in [1.82, 2.24) is 29.3 Å². The number of pyridine rings is 2. The number of nitriles is 1. The summed E-state index contributed by atoms with van der Waals surface area (Å²) in [6.07, 6.45) is 5.18. The summed E-state index contributed by atoms with van der Waals surface area (Å²) in [6, 6.07) is 13.7. The van der Waals surface area contributed by atoms with E-state index in [0.29, 0.717) is 45.4 Å². The molecule has 1 fully saturated rings. The van der Waals surface area contributed by atoms with Gasteiger partial charge in [-0.15, -0.1) is 0 Å². The van der Waals surface area contributed by atoms with Crippen LogP contribution in [0.4, 0.5) is 11.4 Å². The molecule has 0 aliphatic carbocycles. The second-order valence-corrected chi connectivity index (χ2v) is 11.8. The highest BCUT2D eigenvalue weighted by Crippen LogP contribution is 2.38. The van der Waals surface area contributed by atoms with Gasteiger partial charge in [0.05, 0.1) is 28.9 Å². The van der Waals surface area contributed by atoms with E-state index in [1.807, 2.05) is 54.2 Å². The molecule has 1 aliphatic rings. The van der Waals surface area contributed by atoms with E-state index in [9.17, 15) is 5.26 Å². The molecular formula is C31H31ClN8O2S. The number of hydrogen-bond acceptors (Lipinski definition) is 10. The summed E-state index contributed by atoms with van der Waals surface area (Å²) in [4.78, 5) is 19.3. The van der Waals surface area contributed by atoms with Crippen molar-refractivity contribution in [3.05, 3.63) is 65.6 Å². The number of hydrogen-bond donors (Lipinski definition) is 1. The molecule has 2 aromatic carbocycles. The number of benzene rings is 2. The quantitative estimate of drug-likeness (QED) is 0.212. The predicted octanol–water partition coefficient (Wildman–Crippen LogP) is 5.57. The lowest BCUT2D eigenvalue weighted by Crippen LogP contribution is -2.45. The predicted molar refractivity (Wildman–Crippen MR) is 170 cm³/mol. The number of halogens is 1. The molecule has 43 heavy (non-hydrogen) atoms. The second-order valence-electron chi connectivity index (χ2n) is 10.4. The number of aromatic nitrogens is 4. The fourth-order valence-corrected chi connectivity index (χ4v) is 6.10. The first kappa shape index (κ1) is 29.0. The van der Waals surface area contributed by atoms with Gasteiger partial charge in [-0.25, -0.2) is 15.0 Å². The van der Waals surface area contributed by atoms with Crippen LogP contribution in [-0.2, 0) is 7.05 Å². The third-order valence-corrected chi connectivity index (χ3v) is 9.07. The summed E-state index contributed by atoms with van der Waals surface area (Å²) in [5.74, 6) is 1.26. The summed E-state index contributed by atoms with van der Waals surface area (Å²) in [5, 5.41) is 16.3. The van der Waals surface area contributed by atoms with Crippen molar-refractivity contribution in [2.24, 2.45) is 7.05 Å². The van der Waals surface area contributed by atoms with E-state index in [-0.39, 0.29) is 0 Å². The number of methoxy groups -OCH3 is 1. The Kier molecular flexibility index (Phi) is 8.54. The Labute approximate surface area is 259 Å². The number of nitrogens with zero attached hydrogens (tertiary/aromatic N) is 7. The van der Waals surface area contributed by atoms with Gasteiger partial charge in [0, 0.05) is 85.8 Å². The maximum atomic E-state index is 9.91. The third-order valence-electron chi connectivity index (χ3n) is 7.50. The number of imidazole rings is 1. The number of nitrogens with one attached hydrogen (secondary N) is 1. The van der Waals surface area contributed by atoms with Crippen molar-refractivity contribution >= 4 is 56.7 Å². The summed E-state index contributed by atoms with van der Waals surface area (Å²) >= 11 is 8.14. The Morgan fingerprint density at radius 3 is 2.63 bits per heavy atom. The zero-order valence-corrected chi connectivity index (χ0v) is 25.7. The van der Waals surface area contributed by atoms with Crippen molar-refractivity contribution in [2.45, 2.75) is 10.1 Å². The first-order chi connectivity index (χ1) is 20.9. The molecule has 5 aromatic rings. The van der Waals surface area contributed by atoms with Crippen LogP contribution >= 0.6 is 23.4 Å². The number of fused-ring (bicyclic) bond motifs is 2. The van der Waals surface area contributed by atoms with E-state index in [1.54, 1.807) is 13.3 Å². The molecule has 12 heteroatoms. The van der Waals surface area contributed by atoms with Gasteiger partial charge in [0.1, 0.15) is 12.7 Å². The monoisotopic (exact) mass is 614 g/mol. The van der Waals surface area contributed by atoms with Crippen molar-refractivity contribution in [2.75, 3.05) is 58.8 Å². The molecule has 1 aliphatic heterocycles. The number of likely N-dealkylation sites (N-methyl/N-ethyl adjacent to an activating group) is 1. The molecule has 4 heterocycles. The lowest BCUT2D eigenvalue weighted by molar-refractivity contribution is 0.133. The van der Waals surface area contributed by atoms with Crippen LogP contribution in [0.5, 0.6) is 11.5 Å². The smallest absolute Gasteiger partial charge is 0.172 e. The van der Waals surface area contributed by atoms with Gasteiger partial charge in [-0.2, -0.15) is 5.26 Å². The van der Waals surface area contributed by atoms with Crippen molar-refractivity contribution < 1.29 is 9.47 Å². The van der Waals surface area contributed by atoms with E-state index in [2.05, 4.69) is 38.2 Å². The van der Waals surface area contributed by atoms with E-state index in [4.69, 9.17) is 26.1 Å². The fraction of sp³-hybridized carbons (Fsp3) is 0.290. The maximum Gasteiger partial charge on any atom is 0.172 e. The van der Waals surface area contributed by atoms with Crippen LogP contribution in [0, 0.1) is 11.3 Å². The molecule has 1 saturated heterocycles. The molecule has 6 rings (SSSR count). The Morgan fingerprint density at radius 1 is 1.07 bits per heavy atom. The largest absolute Gasteiger partial charge is 0.493 e. The second kappa shape index (κ2) is 12.7. The number of rotatable bonds is 9. The normalized spacial score (nSPS) is 14.2. The van der Waals surface area contributed by atoms with Gasteiger partial charge in [-0.1, -0.05) is 23.4 Å². The molecule has 0 spiro atoms. The minimum atomic E-state index is 0.395. The molecule has 220 valence electrons. The molecular weight excluding hydrogens is 584 g/mol. The van der Waals surface area contributed by atoms with Gasteiger partial charge in [0.25, 0.3) is 0 Å². The molecule has 10 nitrogen and oxygen atoms in total. The van der Waals surface area contributed by atoms with E-state index >= 15 is 0 Å². The molecule has 0 saturated carbocycles. The summed E-state index contributed by atoms with van der Waals surface area (Å²) < 4.78 is 13.8. The number of piperazine rings is 1. The summed E-state index contributed by atoms with van der Waals surface area (Å²) in [6.45, 7) is 5.61. The molecule has 0 amide bonds. The van der Waals surface area contributed by atoms with E-state index < -0.39 is 0 Å². The van der Waals surface area contributed by atoms with E-state index in [1.165, 1.54) is 18.0 Å². The van der Waals surface area contributed by atoms with Crippen molar-refractivity contribution in [1.29, 1.82) is 5.26 Å². The molecule has 3 aromatic heterocycles. The molecule has 0 unspecified atom stereocenters. The Morgan fingerprint density at radius 2 is 1.91 bits per heavy atom. The minimum absolute atomic E-state index is 0.395. The van der Waals surface area contributed by atoms with Gasteiger partial charge in [-0.05, 0) is 37.4 Å². The topological polar surface area (TPSA) is 104 Å². The number of anilines is 2. The van der Waals surface area contributed by atoms with Crippen LogP contribution in [0.1, 0.15) is 5.56 Å². The lowest BCUT2D eigenvalue weighted by atomic mass is 10.1. The van der Waals surface area contributed by atoms with Gasteiger partial charge >= 0.3 is 0 Å². The van der Waals surface area contributed by atoms with Gasteiger partial charge in [0.2, 0.25) is 0 Å². The van der Waals surface area contributed by atoms with Gasteiger partial charge in [-0.3, -0.25) is 4.90 Å². The van der Waals surface area contributed by atoms with Crippen LogP contribution in [0.15, 0.2) is 65.0 Å². The Hall–Kier alpha value is -4.08. The molecule has 0 atom stereocenters. The average Bonchev–Trinajstić information content (AvgIpc) is 3.42. The van der Waals surface area contributed by atoms with Crippen molar-refractivity contribution in [3.8, 4) is 17.6 Å². The highest BCUT2D eigenvalue weighted by Gasteiger charge is 2.17. The molecule has 0 bridgehead atoms. The fourth-order valence-electron chi connectivity index (χ4n) is 4.99. The van der Waals surface area contributed by atoms with Crippen LogP contribution < -0.4 is 14.8 Å². The van der Waals surface area contributed by atoms with Crippen LogP contribution in [0.3, 0.4) is 0 Å². The van der Waals surface area contributed by atoms with Gasteiger partial charge in [0.15, 0.2) is 22.3 Å². The zero-order chi connectivity index (χ0) is 29.9. The molecule has 1 N–H and O–H groups in total. The van der Waals surface area contributed by atoms with Crippen LogP contribution in [0.2, 0.25) is 5.02 Å². The minimum Gasteiger partial charge on any atom is -0.493 e. The SMILES string of the molecule is COc1cc2cc3c(Nc4ccc(Sc5nccn5C)c(Cl)c4)c(C#N)cnc3nc2cc1OCCN1CCN(C)CC1. The number of aryl methyl sites for hydroxylation is 1. The van der Waals surface area contributed by atoms with E-state index in [0.717, 1.165) is 59.4 Å². The average molecular weight is 615 g/mol. The third kappa shape index (κ3) is 6.33. The first-order valence-electron chi connectivity index (χ1n) is 13.9. The standard InChI is InChI=1S/C31H31ClN8O2S/c1-38-8-10-40(11-9-38)12-13-42-27-17-25-20(15-26(27)41-3)14-23-29(21(18-33)19-35-30(23)37-25)36-22-4-5-28(24(32)16-22)43-31-34-6-7-39(31)2/h4-7,14-17,19H,8-13H2,1-3H3,(H,35,36,37).